The Balaban J connectivity index is 1.94. The van der Waals surface area contributed by atoms with Gasteiger partial charge in [0.25, 0.3) is 0 Å². The van der Waals surface area contributed by atoms with Gasteiger partial charge < -0.3 is 24.4 Å². The van der Waals surface area contributed by atoms with Crippen LogP contribution in [-0.2, 0) is 23.8 Å². The zero-order valence-corrected chi connectivity index (χ0v) is 17.9. The molecule has 2 N–H and O–H groups in total. The van der Waals surface area contributed by atoms with E-state index < -0.39 is 47.6 Å². The van der Waals surface area contributed by atoms with Gasteiger partial charge in [0.15, 0.2) is 6.10 Å². The lowest BCUT2D eigenvalue weighted by Crippen LogP contribution is -2.48. The number of carbonyl (C=O) groups is 3. The Kier molecular flexibility index (Phi) is 5.68. The van der Waals surface area contributed by atoms with E-state index in [0.29, 0.717) is 4.47 Å². The lowest BCUT2D eigenvalue weighted by Gasteiger charge is -2.31. The number of benzene rings is 1. The minimum absolute atomic E-state index is 0.122. The van der Waals surface area contributed by atoms with E-state index in [1.807, 2.05) is 0 Å². The number of aliphatic hydroxyl groups is 2. The number of aliphatic hydroxyl groups excluding tert-OH is 1. The minimum atomic E-state index is -1.98. The maximum atomic E-state index is 12.6. The standard InChI is InChI=1S/C18H16Br2O8/c1-18(25)12-11(9(15(22)26-2)6-27-17(12)24)13(21)14(18)28-16(23)8-4-3-7(19)5-10(8)20/h3-6,11-14,21,25H,1-2H3/t11-,12-,13+,14+,18-/m1/s1. The van der Waals surface area contributed by atoms with Gasteiger partial charge in [-0.15, -0.1) is 0 Å². The molecule has 5 atom stereocenters. The van der Waals surface area contributed by atoms with Crippen molar-refractivity contribution < 1.29 is 38.8 Å². The van der Waals surface area contributed by atoms with E-state index in [1.165, 1.54) is 13.0 Å². The topological polar surface area (TPSA) is 119 Å². The van der Waals surface area contributed by atoms with Crippen LogP contribution in [0.15, 0.2) is 39.0 Å². The summed E-state index contributed by atoms with van der Waals surface area (Å²) in [7, 11) is 1.14. The highest BCUT2D eigenvalue weighted by Crippen LogP contribution is 2.48. The molecule has 10 heteroatoms. The number of methoxy groups -OCH3 is 1. The number of fused-ring (bicyclic) bond motifs is 1. The van der Waals surface area contributed by atoms with Crippen molar-refractivity contribution in [1.82, 2.24) is 0 Å². The van der Waals surface area contributed by atoms with Gasteiger partial charge in [0.2, 0.25) is 0 Å². The zero-order chi connectivity index (χ0) is 20.8. The van der Waals surface area contributed by atoms with Crippen molar-refractivity contribution >= 4 is 49.8 Å². The first-order valence-electron chi connectivity index (χ1n) is 8.15. The normalized spacial score (nSPS) is 31.5. The van der Waals surface area contributed by atoms with E-state index in [0.717, 1.165) is 17.8 Å². The first kappa shape index (κ1) is 21.0. The van der Waals surface area contributed by atoms with E-state index in [1.54, 1.807) is 12.1 Å². The number of hydrogen-bond acceptors (Lipinski definition) is 8. The SMILES string of the molecule is COC(=O)C1=COC(=O)[C@H]2[C@@H]1[C@H](O)[C@H](OC(=O)c1ccc(Br)cc1Br)[C@]2(C)O. The van der Waals surface area contributed by atoms with E-state index in [9.17, 15) is 24.6 Å². The second-order valence-corrected chi connectivity index (χ2v) is 8.44. The van der Waals surface area contributed by atoms with Crippen LogP contribution in [0.5, 0.6) is 0 Å². The van der Waals surface area contributed by atoms with Gasteiger partial charge in [-0.3, -0.25) is 4.79 Å². The third kappa shape index (κ3) is 3.38. The van der Waals surface area contributed by atoms with Gasteiger partial charge in [-0.05, 0) is 41.1 Å². The Morgan fingerprint density at radius 1 is 1.25 bits per heavy atom. The summed E-state index contributed by atoms with van der Waals surface area (Å²) in [6, 6.07) is 4.75. The molecule has 0 spiro atoms. The summed E-state index contributed by atoms with van der Waals surface area (Å²) in [5.74, 6) is -4.94. The Morgan fingerprint density at radius 2 is 1.93 bits per heavy atom. The van der Waals surface area contributed by atoms with E-state index >= 15 is 0 Å². The summed E-state index contributed by atoms with van der Waals surface area (Å²) < 4.78 is 16.0. The van der Waals surface area contributed by atoms with Crippen molar-refractivity contribution in [1.29, 1.82) is 0 Å². The summed E-state index contributed by atoms with van der Waals surface area (Å²) >= 11 is 6.52. The minimum Gasteiger partial charge on any atom is -0.466 e. The number of cyclic esters (lactones) is 1. The van der Waals surface area contributed by atoms with Crippen molar-refractivity contribution in [3.63, 3.8) is 0 Å². The van der Waals surface area contributed by atoms with Crippen LogP contribution in [0.25, 0.3) is 0 Å². The predicted molar refractivity (Wildman–Crippen MR) is 101 cm³/mol. The van der Waals surface area contributed by atoms with Crippen LogP contribution in [0.4, 0.5) is 0 Å². The van der Waals surface area contributed by atoms with Crippen molar-refractivity contribution in [2.24, 2.45) is 11.8 Å². The summed E-state index contributed by atoms with van der Waals surface area (Å²) in [4.78, 5) is 36.9. The molecule has 1 heterocycles. The van der Waals surface area contributed by atoms with Crippen molar-refractivity contribution in [3.8, 4) is 0 Å². The molecule has 1 aromatic rings. The molecule has 1 aliphatic heterocycles. The monoisotopic (exact) mass is 518 g/mol. The fourth-order valence-electron chi connectivity index (χ4n) is 3.62. The highest BCUT2D eigenvalue weighted by molar-refractivity contribution is 9.11. The molecule has 8 nitrogen and oxygen atoms in total. The average molecular weight is 520 g/mol. The molecule has 0 radical (unpaired) electrons. The lowest BCUT2D eigenvalue weighted by atomic mass is 9.81. The first-order valence-corrected chi connectivity index (χ1v) is 9.73. The van der Waals surface area contributed by atoms with Gasteiger partial charge in [-0.2, -0.15) is 0 Å². The third-order valence-corrected chi connectivity index (χ3v) is 6.11. The maximum Gasteiger partial charge on any atom is 0.339 e. The van der Waals surface area contributed by atoms with Crippen molar-refractivity contribution in [2.75, 3.05) is 7.11 Å². The number of ether oxygens (including phenoxy) is 3. The lowest BCUT2D eigenvalue weighted by molar-refractivity contribution is -0.159. The number of hydrogen-bond donors (Lipinski definition) is 2. The zero-order valence-electron chi connectivity index (χ0n) is 14.7. The fourth-order valence-corrected chi connectivity index (χ4v) is 4.83. The number of rotatable bonds is 3. The molecule has 1 fully saturated rings. The molecule has 2 aliphatic rings. The molecule has 1 aliphatic carbocycles. The molecule has 28 heavy (non-hydrogen) atoms. The fraction of sp³-hybridized carbons (Fsp3) is 0.389. The van der Waals surface area contributed by atoms with Gasteiger partial charge in [-0.1, -0.05) is 15.9 Å². The van der Waals surface area contributed by atoms with Crippen LogP contribution in [0, 0.1) is 11.8 Å². The van der Waals surface area contributed by atoms with Crippen LogP contribution in [0.2, 0.25) is 0 Å². The van der Waals surface area contributed by atoms with Crippen LogP contribution in [0.3, 0.4) is 0 Å². The Hall–Kier alpha value is -1.75. The number of esters is 3. The molecular weight excluding hydrogens is 504 g/mol. The van der Waals surface area contributed by atoms with Gasteiger partial charge >= 0.3 is 17.9 Å². The Morgan fingerprint density at radius 3 is 2.54 bits per heavy atom. The van der Waals surface area contributed by atoms with Crippen LogP contribution >= 0.6 is 31.9 Å². The van der Waals surface area contributed by atoms with Gasteiger partial charge in [-0.25, -0.2) is 9.59 Å². The summed E-state index contributed by atoms with van der Waals surface area (Å²) in [5.41, 5.74) is -1.94. The quantitative estimate of drug-likeness (QED) is 0.457. The third-order valence-electron chi connectivity index (χ3n) is 4.96. The molecule has 0 unspecified atom stereocenters. The van der Waals surface area contributed by atoms with Crippen LogP contribution < -0.4 is 0 Å². The molecular formula is C18H16Br2O8. The van der Waals surface area contributed by atoms with E-state index in [-0.39, 0.29) is 11.1 Å². The molecule has 3 rings (SSSR count). The molecule has 0 saturated heterocycles. The van der Waals surface area contributed by atoms with E-state index in [4.69, 9.17) is 9.47 Å². The largest absolute Gasteiger partial charge is 0.466 e. The molecule has 1 aromatic carbocycles. The van der Waals surface area contributed by atoms with Crippen LogP contribution in [0.1, 0.15) is 17.3 Å². The molecule has 0 amide bonds. The molecule has 0 aromatic heterocycles. The van der Waals surface area contributed by atoms with Crippen LogP contribution in [-0.4, -0.2) is 53.0 Å². The molecule has 150 valence electrons. The number of halogens is 2. The second-order valence-electron chi connectivity index (χ2n) is 6.67. The van der Waals surface area contributed by atoms with Gasteiger partial charge in [0.05, 0.1) is 24.2 Å². The highest BCUT2D eigenvalue weighted by Gasteiger charge is 2.65. The Bertz CT molecular complexity index is 878. The summed E-state index contributed by atoms with van der Waals surface area (Å²) in [5, 5.41) is 21.7. The summed E-state index contributed by atoms with van der Waals surface area (Å²) in [6.07, 6.45) is -2.12. The maximum absolute atomic E-state index is 12.6. The molecule has 1 saturated carbocycles. The smallest absolute Gasteiger partial charge is 0.339 e. The van der Waals surface area contributed by atoms with E-state index in [2.05, 4.69) is 36.6 Å². The van der Waals surface area contributed by atoms with Gasteiger partial charge in [0, 0.05) is 14.9 Å². The second kappa shape index (κ2) is 7.58. The first-order chi connectivity index (χ1) is 13.1. The molecule has 0 bridgehead atoms. The predicted octanol–water partition coefficient (Wildman–Crippen LogP) is 1.71. The van der Waals surface area contributed by atoms with Gasteiger partial charge in [0.1, 0.15) is 18.0 Å². The number of carbonyl (C=O) groups excluding carboxylic acids is 3. The highest BCUT2D eigenvalue weighted by atomic mass is 79.9. The van der Waals surface area contributed by atoms with Crippen molar-refractivity contribution in [3.05, 3.63) is 44.5 Å². The summed E-state index contributed by atoms with van der Waals surface area (Å²) in [6.45, 7) is 1.25. The van der Waals surface area contributed by atoms with Crippen molar-refractivity contribution in [2.45, 2.75) is 24.7 Å². The Labute approximate surface area is 176 Å². The average Bonchev–Trinajstić information content (AvgIpc) is 2.82.